The summed E-state index contributed by atoms with van der Waals surface area (Å²) in [5.74, 6) is 0.959. The summed E-state index contributed by atoms with van der Waals surface area (Å²) in [4.78, 5) is 6.94. The van der Waals surface area contributed by atoms with Crippen LogP contribution in [0.1, 0.15) is 17.5 Å². The molecule has 0 amide bonds. The van der Waals surface area contributed by atoms with Gasteiger partial charge in [-0.2, -0.15) is 9.37 Å². The second kappa shape index (κ2) is 7.02. The average Bonchev–Trinajstić information content (AvgIpc) is 3.19. The Hall–Kier alpha value is -4.00. The van der Waals surface area contributed by atoms with Gasteiger partial charge < -0.3 is 10.6 Å². The first-order valence-electron chi connectivity index (χ1n) is 10.7. The number of rotatable bonds is 2. The third-order valence-electron chi connectivity index (χ3n) is 6.26. The molecule has 6 nitrogen and oxygen atoms in total. The van der Waals surface area contributed by atoms with Gasteiger partial charge in [0.25, 0.3) is 5.78 Å². The number of aromatic nitrogens is 4. The van der Waals surface area contributed by atoms with E-state index in [2.05, 4.69) is 64.5 Å². The minimum absolute atomic E-state index is 0.220. The highest BCUT2D eigenvalue weighted by Crippen LogP contribution is 2.41. The van der Waals surface area contributed by atoms with Crippen LogP contribution in [0.25, 0.3) is 27.8 Å². The maximum atomic E-state index is 14.4. The lowest BCUT2D eigenvalue weighted by Crippen LogP contribution is -2.26. The molecule has 7 heteroatoms. The van der Waals surface area contributed by atoms with Gasteiger partial charge in [-0.25, -0.2) is 4.40 Å². The average molecular weight is 424 g/mol. The summed E-state index contributed by atoms with van der Waals surface area (Å²) >= 11 is 0. The Bertz CT molecular complexity index is 1510. The summed E-state index contributed by atoms with van der Waals surface area (Å²) in [6.45, 7) is 2.95. The molecule has 3 heterocycles. The zero-order valence-corrected chi connectivity index (χ0v) is 17.6. The highest BCUT2D eigenvalue weighted by molar-refractivity contribution is 5.96. The van der Waals surface area contributed by atoms with E-state index in [1.165, 1.54) is 26.7 Å². The summed E-state index contributed by atoms with van der Waals surface area (Å²) < 4.78 is 15.7. The van der Waals surface area contributed by atoms with E-state index in [1.54, 1.807) is 6.07 Å². The van der Waals surface area contributed by atoms with E-state index < -0.39 is 6.08 Å². The molecule has 6 rings (SSSR count). The van der Waals surface area contributed by atoms with Gasteiger partial charge in [0.15, 0.2) is 0 Å². The number of nitrogen functional groups attached to an aromatic ring is 1. The third kappa shape index (κ3) is 2.74. The van der Waals surface area contributed by atoms with Crippen molar-refractivity contribution in [1.82, 2.24) is 19.6 Å². The Balaban J connectivity index is 1.61. The Morgan fingerprint density at radius 2 is 1.81 bits per heavy atom. The van der Waals surface area contributed by atoms with E-state index in [0.29, 0.717) is 11.2 Å². The summed E-state index contributed by atoms with van der Waals surface area (Å²) in [6, 6.07) is 20.3. The van der Waals surface area contributed by atoms with Crippen molar-refractivity contribution >= 4 is 33.9 Å². The normalized spacial score (nSPS) is 13.6. The molecule has 0 spiro atoms. The van der Waals surface area contributed by atoms with Gasteiger partial charge in [-0.1, -0.05) is 41.5 Å². The molecule has 0 saturated heterocycles. The first kappa shape index (κ1) is 18.7. The number of hydrogen-bond acceptors (Lipinski definition) is 5. The molecule has 1 aliphatic heterocycles. The molecule has 0 atom stereocenters. The summed E-state index contributed by atoms with van der Waals surface area (Å²) in [5.41, 5.74) is 13.3. The van der Waals surface area contributed by atoms with E-state index >= 15 is 0 Å². The van der Waals surface area contributed by atoms with Gasteiger partial charge in [0.2, 0.25) is 0 Å². The van der Waals surface area contributed by atoms with E-state index in [4.69, 9.17) is 10.7 Å². The number of halogens is 1. The Morgan fingerprint density at radius 3 is 2.69 bits per heavy atom. The minimum Gasteiger partial charge on any atom is -0.399 e. The number of nitrogens with two attached hydrogens (primary N) is 1. The van der Waals surface area contributed by atoms with Crippen LogP contribution >= 0.6 is 0 Å². The zero-order valence-electron chi connectivity index (χ0n) is 17.6. The van der Waals surface area contributed by atoms with Crippen LogP contribution < -0.4 is 10.6 Å². The van der Waals surface area contributed by atoms with Gasteiger partial charge in [-0.15, -0.1) is 5.10 Å². The van der Waals surface area contributed by atoms with E-state index in [-0.39, 0.29) is 5.78 Å². The molecule has 158 valence electrons. The molecule has 1 aliphatic rings. The molecule has 2 N–H and O–H groups in total. The monoisotopic (exact) mass is 424 g/mol. The van der Waals surface area contributed by atoms with Crippen LogP contribution in [0, 0.1) is 13.0 Å². The van der Waals surface area contributed by atoms with Crippen LogP contribution in [0.15, 0.2) is 60.7 Å². The van der Waals surface area contributed by atoms with Crippen molar-refractivity contribution in [2.45, 2.75) is 19.8 Å². The van der Waals surface area contributed by atoms with Crippen LogP contribution in [0.3, 0.4) is 0 Å². The molecule has 0 aliphatic carbocycles. The fourth-order valence-corrected chi connectivity index (χ4v) is 4.79. The molecule has 32 heavy (non-hydrogen) atoms. The minimum atomic E-state index is -0.699. The van der Waals surface area contributed by atoms with Crippen molar-refractivity contribution in [3.05, 3.63) is 77.9 Å². The predicted octanol–water partition coefficient (Wildman–Crippen LogP) is 5.06. The topological polar surface area (TPSA) is 72.3 Å². The standard InChI is InChI=1S/C25H21FN6/c1-15-6-2-3-7-17(15)18-8-4-10-21-19(18)9-5-13-31(21)23-20-12-11-16(27)14-22(20)32-24(26)29-30-25(32)28-23/h2-4,6-8,10-12,14H,5,9,13,27H2,1H3. The van der Waals surface area contributed by atoms with Crippen molar-refractivity contribution in [3.8, 4) is 11.1 Å². The SMILES string of the molecule is Cc1ccccc1-c1cccc2c1CCCN2c1nc2nnc(F)n2c2cc(N)ccc12. The second-order valence-corrected chi connectivity index (χ2v) is 8.19. The lowest BCUT2D eigenvalue weighted by Gasteiger charge is -2.32. The molecule has 0 saturated carbocycles. The molecule has 5 aromatic rings. The zero-order chi connectivity index (χ0) is 21.8. The smallest absolute Gasteiger partial charge is 0.315 e. The lowest BCUT2D eigenvalue weighted by atomic mass is 9.90. The maximum Gasteiger partial charge on any atom is 0.315 e. The van der Waals surface area contributed by atoms with Crippen molar-refractivity contribution in [2.24, 2.45) is 0 Å². The lowest BCUT2D eigenvalue weighted by molar-refractivity contribution is 0.532. The highest BCUT2D eigenvalue weighted by atomic mass is 19.1. The number of anilines is 3. The number of fused-ring (bicyclic) bond motifs is 4. The first-order valence-corrected chi connectivity index (χ1v) is 10.7. The number of nitrogens with zero attached hydrogens (tertiary/aromatic N) is 5. The van der Waals surface area contributed by atoms with Gasteiger partial charge in [0.05, 0.1) is 5.52 Å². The van der Waals surface area contributed by atoms with Crippen LogP contribution in [-0.2, 0) is 6.42 Å². The van der Waals surface area contributed by atoms with E-state index in [0.717, 1.165) is 36.3 Å². The van der Waals surface area contributed by atoms with Crippen molar-refractivity contribution < 1.29 is 4.39 Å². The molecular formula is C25H21FN6. The Morgan fingerprint density at radius 1 is 0.969 bits per heavy atom. The van der Waals surface area contributed by atoms with Gasteiger partial charge in [0.1, 0.15) is 5.82 Å². The fraction of sp³-hybridized carbons (Fsp3) is 0.160. The molecule has 0 radical (unpaired) electrons. The number of aryl methyl sites for hydroxylation is 1. The molecule has 2 aromatic heterocycles. The number of benzene rings is 3. The molecular weight excluding hydrogens is 403 g/mol. The third-order valence-corrected chi connectivity index (χ3v) is 6.26. The summed E-state index contributed by atoms with van der Waals surface area (Å²) in [5, 5.41) is 8.34. The summed E-state index contributed by atoms with van der Waals surface area (Å²) in [7, 11) is 0. The molecule has 0 fully saturated rings. The molecule has 3 aromatic carbocycles. The van der Waals surface area contributed by atoms with Gasteiger partial charge >= 0.3 is 6.08 Å². The van der Waals surface area contributed by atoms with Crippen molar-refractivity contribution in [2.75, 3.05) is 17.2 Å². The van der Waals surface area contributed by atoms with Crippen LogP contribution in [0.5, 0.6) is 0 Å². The Labute approximate surface area is 184 Å². The predicted molar refractivity (Wildman–Crippen MR) is 125 cm³/mol. The van der Waals surface area contributed by atoms with Crippen molar-refractivity contribution in [1.29, 1.82) is 0 Å². The maximum absolute atomic E-state index is 14.4. The fourth-order valence-electron chi connectivity index (χ4n) is 4.79. The van der Waals surface area contributed by atoms with Crippen LogP contribution in [0.4, 0.5) is 21.6 Å². The quantitative estimate of drug-likeness (QED) is 0.401. The van der Waals surface area contributed by atoms with E-state index in [9.17, 15) is 4.39 Å². The van der Waals surface area contributed by atoms with Gasteiger partial charge in [-0.3, -0.25) is 0 Å². The van der Waals surface area contributed by atoms with Gasteiger partial charge in [-0.05, 0) is 66.3 Å². The second-order valence-electron chi connectivity index (χ2n) is 8.19. The van der Waals surface area contributed by atoms with Gasteiger partial charge in [0, 0.05) is 23.3 Å². The van der Waals surface area contributed by atoms with Crippen LogP contribution in [0.2, 0.25) is 0 Å². The first-order chi connectivity index (χ1) is 15.6. The largest absolute Gasteiger partial charge is 0.399 e. The molecule has 0 bridgehead atoms. The highest BCUT2D eigenvalue weighted by Gasteiger charge is 2.25. The number of hydrogen-bond donors (Lipinski definition) is 1. The van der Waals surface area contributed by atoms with E-state index in [1.807, 2.05) is 12.1 Å². The molecule has 0 unspecified atom stereocenters. The summed E-state index contributed by atoms with van der Waals surface area (Å²) in [6.07, 6.45) is 1.28. The van der Waals surface area contributed by atoms with Crippen LogP contribution in [-0.4, -0.2) is 26.1 Å². The van der Waals surface area contributed by atoms with Crippen molar-refractivity contribution in [3.63, 3.8) is 0 Å². The Kier molecular flexibility index (Phi) is 4.11.